The van der Waals surface area contributed by atoms with Crippen molar-refractivity contribution in [3.8, 4) is 5.75 Å². The summed E-state index contributed by atoms with van der Waals surface area (Å²) in [7, 11) is 0. The number of aliphatic imine (C=N–C) groups is 2. The van der Waals surface area contributed by atoms with Crippen LogP contribution in [0.4, 0.5) is 0 Å². The third-order valence-electron chi connectivity index (χ3n) is 3.91. The van der Waals surface area contributed by atoms with E-state index in [1.807, 2.05) is 54.6 Å². The summed E-state index contributed by atoms with van der Waals surface area (Å²) < 4.78 is 5.90. The molecular formula is C19H15ClN3O+. The number of quaternary nitrogens is 1. The number of allylic oxidation sites excluding steroid dienone is 1. The maximum atomic E-state index is 6.72. The van der Waals surface area contributed by atoms with E-state index in [9.17, 15) is 0 Å². The van der Waals surface area contributed by atoms with Gasteiger partial charge in [-0.3, -0.25) is 4.99 Å². The Balaban J connectivity index is 1.56. The third-order valence-corrected chi connectivity index (χ3v) is 4.38. The van der Waals surface area contributed by atoms with E-state index in [0.717, 1.165) is 28.4 Å². The highest BCUT2D eigenvalue weighted by Crippen LogP contribution is 2.34. The highest BCUT2D eigenvalue weighted by molar-refractivity contribution is 6.20. The molecule has 0 radical (unpaired) electrons. The van der Waals surface area contributed by atoms with E-state index in [1.54, 1.807) is 24.8 Å². The molecule has 0 saturated heterocycles. The van der Waals surface area contributed by atoms with Crippen molar-refractivity contribution in [2.45, 2.75) is 6.61 Å². The molecule has 0 spiro atoms. The van der Waals surface area contributed by atoms with Crippen molar-refractivity contribution < 1.29 is 8.74 Å². The van der Waals surface area contributed by atoms with E-state index in [1.165, 1.54) is 0 Å². The fourth-order valence-electron chi connectivity index (χ4n) is 2.67. The van der Waals surface area contributed by atoms with Gasteiger partial charge in [0.15, 0.2) is 17.5 Å². The van der Waals surface area contributed by atoms with E-state index in [0.29, 0.717) is 6.61 Å². The number of rotatable bonds is 4. The van der Waals surface area contributed by atoms with Gasteiger partial charge in [-0.2, -0.15) is 4.99 Å². The second-order valence-electron chi connectivity index (χ2n) is 5.52. The van der Waals surface area contributed by atoms with Crippen LogP contribution < -0.4 is 4.74 Å². The first-order valence-electron chi connectivity index (χ1n) is 7.61. The van der Waals surface area contributed by atoms with E-state index >= 15 is 0 Å². The van der Waals surface area contributed by atoms with Crippen LogP contribution >= 0.6 is 11.8 Å². The van der Waals surface area contributed by atoms with Gasteiger partial charge in [-0.25, -0.2) is 0 Å². The van der Waals surface area contributed by atoms with Gasteiger partial charge in [0.25, 0.3) is 5.84 Å². The first-order chi connectivity index (χ1) is 11.8. The van der Waals surface area contributed by atoms with Crippen LogP contribution in [0.15, 0.2) is 88.9 Å². The normalized spacial score (nSPS) is 21.2. The lowest BCUT2D eigenvalue weighted by Gasteiger charge is -2.22. The molecule has 24 heavy (non-hydrogen) atoms. The number of hydrogen-bond acceptors (Lipinski definition) is 3. The van der Waals surface area contributed by atoms with Crippen molar-refractivity contribution in [1.82, 2.24) is 0 Å². The smallest absolute Gasteiger partial charge is 0.263 e. The molecule has 2 aromatic rings. The van der Waals surface area contributed by atoms with Crippen LogP contribution in [-0.2, 0) is 6.61 Å². The highest BCUT2D eigenvalue weighted by Gasteiger charge is 2.42. The molecule has 1 atom stereocenters. The fraction of sp³-hybridized carbons (Fsp3) is 0.0526. The third kappa shape index (κ3) is 2.66. The Hall–Kier alpha value is -2.69. The van der Waals surface area contributed by atoms with Gasteiger partial charge >= 0.3 is 0 Å². The molecule has 0 aromatic heterocycles. The number of nitrogens with zero attached hydrogens (tertiary/aromatic N) is 3. The molecule has 2 aromatic carbocycles. The molecule has 5 heteroatoms. The van der Waals surface area contributed by atoms with E-state index in [-0.39, 0.29) is 4.00 Å². The largest absolute Gasteiger partial charge is 0.489 e. The molecule has 0 saturated carbocycles. The lowest BCUT2D eigenvalue weighted by Crippen LogP contribution is -2.37. The maximum absolute atomic E-state index is 6.72. The van der Waals surface area contributed by atoms with Gasteiger partial charge in [-0.05, 0) is 23.8 Å². The highest BCUT2D eigenvalue weighted by atomic mass is 35.5. The zero-order valence-corrected chi connectivity index (χ0v) is 13.6. The van der Waals surface area contributed by atoms with Crippen LogP contribution in [0.1, 0.15) is 11.1 Å². The molecule has 2 aliphatic heterocycles. The molecule has 118 valence electrons. The van der Waals surface area contributed by atoms with Gasteiger partial charge in [0.1, 0.15) is 18.6 Å². The summed E-state index contributed by atoms with van der Waals surface area (Å²) in [5.74, 6) is 1.52. The van der Waals surface area contributed by atoms with Crippen molar-refractivity contribution in [2.24, 2.45) is 9.98 Å². The minimum absolute atomic E-state index is 0.00559. The molecule has 4 rings (SSSR count). The molecule has 1 unspecified atom stereocenters. The van der Waals surface area contributed by atoms with Crippen molar-refractivity contribution in [1.29, 1.82) is 0 Å². The SMILES string of the molecule is Cl[N+]12C=CN=CC1=CN=C2c1cccc(OCc2ccccc2)c1. The molecular weight excluding hydrogens is 322 g/mol. The molecule has 4 nitrogen and oxygen atoms in total. The Morgan fingerprint density at radius 1 is 1.04 bits per heavy atom. The van der Waals surface area contributed by atoms with Gasteiger partial charge in [-0.1, -0.05) is 36.4 Å². The summed E-state index contributed by atoms with van der Waals surface area (Å²) in [5, 5.41) is 0. The van der Waals surface area contributed by atoms with Gasteiger partial charge in [0.05, 0.1) is 24.2 Å². The van der Waals surface area contributed by atoms with E-state index in [2.05, 4.69) is 9.98 Å². The van der Waals surface area contributed by atoms with Crippen molar-refractivity contribution in [3.05, 3.63) is 90.0 Å². The topological polar surface area (TPSA) is 34.0 Å². The van der Waals surface area contributed by atoms with E-state index in [4.69, 9.17) is 16.5 Å². The molecule has 0 N–H and O–H groups in total. The fourth-order valence-corrected chi connectivity index (χ4v) is 2.95. The first-order valence-corrected chi connectivity index (χ1v) is 7.95. The summed E-state index contributed by atoms with van der Waals surface area (Å²) in [4.78, 5) is 8.58. The number of amidine groups is 1. The molecule has 0 bridgehead atoms. The summed E-state index contributed by atoms with van der Waals surface area (Å²) >= 11 is 6.72. The number of benzene rings is 2. The Morgan fingerprint density at radius 3 is 2.79 bits per heavy atom. The second-order valence-corrected chi connectivity index (χ2v) is 6.05. The summed E-state index contributed by atoms with van der Waals surface area (Å²) in [5.41, 5.74) is 2.87. The number of hydrogen-bond donors (Lipinski definition) is 0. The summed E-state index contributed by atoms with van der Waals surface area (Å²) in [6.07, 6.45) is 6.95. The van der Waals surface area contributed by atoms with Crippen LogP contribution in [0, 0.1) is 0 Å². The first kappa shape index (κ1) is 14.9. The molecule has 0 fully saturated rings. The predicted molar refractivity (Wildman–Crippen MR) is 95.6 cm³/mol. The van der Waals surface area contributed by atoms with Crippen molar-refractivity contribution in [2.75, 3.05) is 0 Å². The Bertz CT molecular complexity index is 886. The van der Waals surface area contributed by atoms with Crippen LogP contribution in [0.2, 0.25) is 0 Å². The monoisotopic (exact) mass is 336 g/mol. The van der Waals surface area contributed by atoms with Crippen molar-refractivity contribution >= 4 is 23.8 Å². The summed E-state index contributed by atoms with van der Waals surface area (Å²) in [6, 6.07) is 17.9. The Labute approximate surface area is 145 Å². The lowest BCUT2D eigenvalue weighted by atomic mass is 10.1. The van der Waals surface area contributed by atoms with Crippen molar-refractivity contribution in [3.63, 3.8) is 0 Å². The number of ether oxygens (including phenoxy) is 1. The Kier molecular flexibility index (Phi) is 3.76. The van der Waals surface area contributed by atoms with Crippen LogP contribution in [0.3, 0.4) is 0 Å². The van der Waals surface area contributed by atoms with Gasteiger partial charge in [0.2, 0.25) is 0 Å². The summed E-state index contributed by atoms with van der Waals surface area (Å²) in [6.45, 7) is 0.522. The zero-order chi connectivity index (χ0) is 16.4. The molecule has 0 amide bonds. The minimum Gasteiger partial charge on any atom is -0.489 e. The van der Waals surface area contributed by atoms with Gasteiger partial charge < -0.3 is 4.74 Å². The standard InChI is InChI=1S/C19H15ClN3O/c20-23-10-9-21-12-17(23)13-22-19(23)16-7-4-8-18(11-16)24-14-15-5-2-1-3-6-15/h1-13H,14H2/q+1. The maximum Gasteiger partial charge on any atom is 0.263 e. The molecule has 2 heterocycles. The Morgan fingerprint density at radius 2 is 1.92 bits per heavy atom. The quantitative estimate of drug-likeness (QED) is 0.762. The molecule has 2 aliphatic rings. The lowest BCUT2D eigenvalue weighted by molar-refractivity contribution is -0.599. The van der Waals surface area contributed by atoms with Gasteiger partial charge in [0, 0.05) is 0 Å². The average molecular weight is 337 g/mol. The number of halogens is 1. The average Bonchev–Trinajstić information content (AvgIpc) is 2.98. The predicted octanol–water partition coefficient (Wildman–Crippen LogP) is 4.39. The van der Waals surface area contributed by atoms with Gasteiger partial charge in [-0.15, -0.1) is 4.00 Å². The van der Waals surface area contributed by atoms with Crippen LogP contribution in [0.5, 0.6) is 5.75 Å². The number of fused-ring (bicyclic) bond motifs is 1. The molecule has 0 aliphatic carbocycles. The van der Waals surface area contributed by atoms with Crippen LogP contribution in [-0.4, -0.2) is 16.1 Å². The van der Waals surface area contributed by atoms with Crippen LogP contribution in [0.25, 0.3) is 0 Å². The zero-order valence-electron chi connectivity index (χ0n) is 12.8. The minimum atomic E-state index is 0.00559. The van der Waals surface area contributed by atoms with E-state index < -0.39 is 0 Å². The second kappa shape index (κ2) is 6.07.